The monoisotopic (exact) mass is 497 g/mol. The molecule has 0 radical (unpaired) electrons. The number of nitro benzene ring substituents is 1. The van der Waals surface area contributed by atoms with Gasteiger partial charge in [0, 0.05) is 59.5 Å². The average molecular weight is 498 g/mol. The van der Waals surface area contributed by atoms with Crippen LogP contribution in [0.3, 0.4) is 0 Å². The average Bonchev–Trinajstić information content (AvgIpc) is 3.28. The highest BCUT2D eigenvalue weighted by Gasteiger charge is 2.13. The number of non-ortho nitro benzene ring substituents is 1. The Bertz CT molecular complexity index is 1320. The zero-order valence-electron chi connectivity index (χ0n) is 18.0. The summed E-state index contributed by atoms with van der Waals surface area (Å²) in [6.07, 6.45) is 0. The highest BCUT2D eigenvalue weighted by molar-refractivity contribution is 6.18. The maximum atomic E-state index is 12.8. The van der Waals surface area contributed by atoms with Crippen molar-refractivity contribution in [1.29, 1.82) is 0 Å². The van der Waals surface area contributed by atoms with Crippen molar-refractivity contribution in [3.63, 3.8) is 0 Å². The van der Waals surface area contributed by atoms with Gasteiger partial charge in [-0.2, -0.15) is 0 Å². The lowest BCUT2D eigenvalue weighted by atomic mass is 10.2. The van der Waals surface area contributed by atoms with Gasteiger partial charge < -0.3 is 15.2 Å². The molecule has 4 aromatic rings. The SMILES string of the molecule is O=C(Nc1ccc(N(CCCl)CCCl)cc1)c1ccc2[nH]c(-c3cccc([N+](=O)[O-])c3)nc2c1. The summed E-state index contributed by atoms with van der Waals surface area (Å²) >= 11 is 11.7. The number of anilines is 2. The molecule has 10 heteroatoms. The molecular weight excluding hydrogens is 477 g/mol. The minimum atomic E-state index is -0.450. The van der Waals surface area contributed by atoms with Crippen molar-refractivity contribution in [1.82, 2.24) is 9.97 Å². The first-order valence-electron chi connectivity index (χ1n) is 10.5. The van der Waals surface area contributed by atoms with Gasteiger partial charge in [-0.3, -0.25) is 14.9 Å². The molecule has 174 valence electrons. The van der Waals surface area contributed by atoms with Crippen LogP contribution in [0.4, 0.5) is 17.1 Å². The van der Waals surface area contributed by atoms with Crippen molar-refractivity contribution in [2.75, 3.05) is 35.1 Å². The number of amides is 1. The van der Waals surface area contributed by atoms with Gasteiger partial charge in [0.25, 0.3) is 11.6 Å². The predicted octanol–water partition coefficient (Wildman–Crippen LogP) is 5.67. The van der Waals surface area contributed by atoms with Gasteiger partial charge in [-0.15, -0.1) is 23.2 Å². The highest BCUT2D eigenvalue weighted by Crippen LogP contribution is 2.25. The van der Waals surface area contributed by atoms with Crippen molar-refractivity contribution in [3.05, 3.63) is 82.4 Å². The lowest BCUT2D eigenvalue weighted by molar-refractivity contribution is -0.384. The Balaban J connectivity index is 1.51. The van der Waals surface area contributed by atoms with E-state index in [0.717, 1.165) is 11.2 Å². The third kappa shape index (κ3) is 5.30. The van der Waals surface area contributed by atoms with E-state index in [2.05, 4.69) is 20.2 Å². The van der Waals surface area contributed by atoms with Crippen molar-refractivity contribution in [2.24, 2.45) is 0 Å². The topological polar surface area (TPSA) is 104 Å². The van der Waals surface area contributed by atoms with Gasteiger partial charge in [-0.1, -0.05) is 12.1 Å². The summed E-state index contributed by atoms with van der Waals surface area (Å²) in [5.74, 6) is 1.21. The molecule has 2 N–H and O–H groups in total. The maximum absolute atomic E-state index is 12.8. The Kier molecular flexibility index (Phi) is 7.30. The molecule has 0 saturated carbocycles. The van der Waals surface area contributed by atoms with Gasteiger partial charge in [-0.25, -0.2) is 4.98 Å². The van der Waals surface area contributed by atoms with E-state index in [4.69, 9.17) is 23.2 Å². The van der Waals surface area contributed by atoms with E-state index in [9.17, 15) is 14.9 Å². The summed E-state index contributed by atoms with van der Waals surface area (Å²) in [6, 6.07) is 18.9. The minimum Gasteiger partial charge on any atom is -0.369 e. The quantitative estimate of drug-likeness (QED) is 0.176. The molecule has 1 heterocycles. The second-order valence-electron chi connectivity index (χ2n) is 7.49. The molecule has 0 fully saturated rings. The summed E-state index contributed by atoms with van der Waals surface area (Å²) in [4.78, 5) is 33.1. The molecular formula is C24H21Cl2N5O3. The molecule has 4 rings (SSSR count). The molecule has 0 aliphatic heterocycles. The number of fused-ring (bicyclic) bond motifs is 1. The summed E-state index contributed by atoms with van der Waals surface area (Å²) in [7, 11) is 0. The van der Waals surface area contributed by atoms with E-state index in [1.807, 2.05) is 24.3 Å². The summed E-state index contributed by atoms with van der Waals surface area (Å²) in [5.41, 5.74) is 3.96. The molecule has 34 heavy (non-hydrogen) atoms. The molecule has 0 aliphatic carbocycles. The number of alkyl halides is 2. The van der Waals surface area contributed by atoms with Crippen LogP contribution in [0, 0.1) is 10.1 Å². The number of nitrogens with one attached hydrogen (secondary N) is 2. The second kappa shape index (κ2) is 10.5. The lowest BCUT2D eigenvalue weighted by Crippen LogP contribution is -2.27. The Morgan fingerprint density at radius 3 is 2.44 bits per heavy atom. The zero-order valence-corrected chi connectivity index (χ0v) is 19.5. The van der Waals surface area contributed by atoms with Crippen LogP contribution in [0.2, 0.25) is 0 Å². The van der Waals surface area contributed by atoms with E-state index in [-0.39, 0.29) is 11.6 Å². The number of rotatable bonds is 9. The Hall–Kier alpha value is -3.62. The molecule has 0 atom stereocenters. The number of imidazole rings is 1. The number of halogens is 2. The number of aromatic nitrogens is 2. The van der Waals surface area contributed by atoms with Gasteiger partial charge in [0.15, 0.2) is 0 Å². The number of carbonyl (C=O) groups is 1. The standard InChI is InChI=1S/C24H21Cl2N5O3/c25-10-12-30(13-11-26)19-7-5-18(6-8-19)27-24(32)17-4-9-21-22(15-17)29-23(28-21)16-2-1-3-20(14-16)31(33)34/h1-9,14-15H,10-13H2,(H,27,32)(H,28,29). The van der Waals surface area contributed by atoms with Crippen LogP contribution >= 0.6 is 23.2 Å². The Morgan fingerprint density at radius 2 is 1.76 bits per heavy atom. The Morgan fingerprint density at radius 1 is 1.03 bits per heavy atom. The first-order chi connectivity index (χ1) is 16.5. The van der Waals surface area contributed by atoms with Gasteiger partial charge >= 0.3 is 0 Å². The van der Waals surface area contributed by atoms with E-state index >= 15 is 0 Å². The van der Waals surface area contributed by atoms with Crippen LogP contribution in [0.1, 0.15) is 10.4 Å². The lowest BCUT2D eigenvalue weighted by Gasteiger charge is -2.23. The van der Waals surface area contributed by atoms with Crippen LogP contribution < -0.4 is 10.2 Å². The Labute approximate surface area is 205 Å². The number of hydrogen-bond donors (Lipinski definition) is 2. The van der Waals surface area contributed by atoms with Gasteiger partial charge in [0.05, 0.1) is 16.0 Å². The summed E-state index contributed by atoms with van der Waals surface area (Å²) in [5, 5.41) is 13.9. The molecule has 3 aromatic carbocycles. The van der Waals surface area contributed by atoms with E-state index in [1.165, 1.54) is 12.1 Å². The largest absolute Gasteiger partial charge is 0.369 e. The summed E-state index contributed by atoms with van der Waals surface area (Å²) < 4.78 is 0. The van der Waals surface area contributed by atoms with E-state index in [1.54, 1.807) is 30.3 Å². The zero-order chi connectivity index (χ0) is 24.1. The molecule has 1 aromatic heterocycles. The van der Waals surface area contributed by atoms with Gasteiger partial charge in [-0.05, 0) is 42.5 Å². The number of hydrogen-bond acceptors (Lipinski definition) is 5. The van der Waals surface area contributed by atoms with Gasteiger partial charge in [0.2, 0.25) is 0 Å². The smallest absolute Gasteiger partial charge is 0.270 e. The fourth-order valence-corrected chi connectivity index (χ4v) is 3.99. The number of benzene rings is 3. The third-order valence-corrected chi connectivity index (χ3v) is 5.61. The molecule has 0 aliphatic rings. The minimum absolute atomic E-state index is 0.0162. The number of aromatic amines is 1. The second-order valence-corrected chi connectivity index (χ2v) is 8.25. The number of H-pyrrole nitrogens is 1. The highest BCUT2D eigenvalue weighted by atomic mass is 35.5. The molecule has 1 amide bonds. The number of nitrogens with zero attached hydrogens (tertiary/aromatic N) is 3. The van der Waals surface area contributed by atoms with Crippen molar-refractivity contribution in [2.45, 2.75) is 0 Å². The molecule has 0 saturated heterocycles. The van der Waals surface area contributed by atoms with Crippen LogP contribution in [-0.2, 0) is 0 Å². The van der Waals surface area contributed by atoms with Crippen LogP contribution in [0.15, 0.2) is 66.7 Å². The molecule has 0 bridgehead atoms. The molecule has 0 unspecified atom stereocenters. The molecule has 8 nitrogen and oxygen atoms in total. The molecule has 0 spiro atoms. The third-order valence-electron chi connectivity index (χ3n) is 5.27. The van der Waals surface area contributed by atoms with Crippen molar-refractivity contribution in [3.8, 4) is 11.4 Å². The number of carbonyl (C=O) groups excluding carboxylic acids is 1. The van der Waals surface area contributed by atoms with E-state index in [0.29, 0.717) is 53.0 Å². The van der Waals surface area contributed by atoms with Crippen LogP contribution in [0.25, 0.3) is 22.4 Å². The van der Waals surface area contributed by atoms with Crippen LogP contribution in [0.5, 0.6) is 0 Å². The first kappa shape index (κ1) is 23.5. The predicted molar refractivity (Wildman–Crippen MR) is 136 cm³/mol. The van der Waals surface area contributed by atoms with Crippen LogP contribution in [-0.4, -0.2) is 45.6 Å². The van der Waals surface area contributed by atoms with Gasteiger partial charge in [0.1, 0.15) is 5.82 Å². The van der Waals surface area contributed by atoms with Crippen molar-refractivity contribution >= 4 is 57.2 Å². The normalized spacial score (nSPS) is 10.9. The fraction of sp³-hybridized carbons (Fsp3) is 0.167. The summed E-state index contributed by atoms with van der Waals surface area (Å²) in [6.45, 7) is 1.37. The first-order valence-corrected chi connectivity index (χ1v) is 11.6. The van der Waals surface area contributed by atoms with Crippen molar-refractivity contribution < 1.29 is 9.72 Å². The number of nitro groups is 1. The fourth-order valence-electron chi connectivity index (χ4n) is 3.58. The van der Waals surface area contributed by atoms with E-state index < -0.39 is 4.92 Å². The maximum Gasteiger partial charge on any atom is 0.270 e.